The smallest absolute Gasteiger partial charge is 0.248 e. The predicted molar refractivity (Wildman–Crippen MR) is 130 cm³/mol. The second-order valence-corrected chi connectivity index (χ2v) is 7.81. The summed E-state index contributed by atoms with van der Waals surface area (Å²) in [5.74, 6) is 2.41. The molecule has 5 rings (SSSR count). The number of carbonyl (C=O) groups excluding carboxylic acids is 1. The van der Waals surface area contributed by atoms with Crippen molar-refractivity contribution in [3.63, 3.8) is 0 Å². The Kier molecular flexibility index (Phi) is 5.59. The number of furan rings is 1. The molecule has 7 nitrogen and oxygen atoms in total. The lowest BCUT2D eigenvalue weighted by Crippen LogP contribution is -2.08. The Hall–Kier alpha value is -4.39. The van der Waals surface area contributed by atoms with Gasteiger partial charge in [0.15, 0.2) is 11.5 Å². The van der Waals surface area contributed by atoms with Gasteiger partial charge in [-0.15, -0.1) is 0 Å². The van der Waals surface area contributed by atoms with Gasteiger partial charge in [-0.1, -0.05) is 12.1 Å². The standard InChI is InChI=1S/C27H23NO6/c1-16(10-27(29)28-18-6-9-23-26(11-18)34-15-33-23)20-12-21-22(14-32-25(21)13-24(20)31-3)17-4-7-19(30-2)8-5-17/h4-14H,15H2,1-3H3,(H,28,29)/b16-10+. The third-order valence-corrected chi connectivity index (χ3v) is 5.71. The molecule has 0 bridgehead atoms. The minimum absolute atomic E-state index is 0.181. The molecule has 0 spiro atoms. The quantitative estimate of drug-likeness (QED) is 0.364. The fraction of sp³-hybridized carbons (Fsp3) is 0.148. The molecule has 1 aliphatic rings. The highest BCUT2D eigenvalue weighted by atomic mass is 16.7. The number of carbonyl (C=O) groups is 1. The maximum Gasteiger partial charge on any atom is 0.248 e. The highest BCUT2D eigenvalue weighted by molar-refractivity contribution is 6.05. The Balaban J connectivity index is 1.46. The van der Waals surface area contributed by atoms with Crippen LogP contribution in [0.15, 0.2) is 71.4 Å². The number of ether oxygens (including phenoxy) is 4. The first kappa shape index (κ1) is 21.5. The van der Waals surface area contributed by atoms with E-state index in [1.54, 1.807) is 44.8 Å². The van der Waals surface area contributed by atoms with E-state index in [1.807, 2.05) is 43.3 Å². The highest BCUT2D eigenvalue weighted by Crippen LogP contribution is 2.38. The molecule has 4 aromatic rings. The number of rotatable bonds is 6. The van der Waals surface area contributed by atoms with Crippen molar-refractivity contribution in [1.82, 2.24) is 0 Å². The van der Waals surface area contributed by atoms with Crippen LogP contribution in [0.3, 0.4) is 0 Å². The van der Waals surface area contributed by atoms with Gasteiger partial charge in [0.25, 0.3) is 0 Å². The molecule has 0 fully saturated rings. The van der Waals surface area contributed by atoms with Crippen LogP contribution in [-0.4, -0.2) is 26.9 Å². The maximum atomic E-state index is 12.7. The van der Waals surface area contributed by atoms with Crippen LogP contribution in [-0.2, 0) is 4.79 Å². The van der Waals surface area contributed by atoms with Gasteiger partial charge >= 0.3 is 0 Å². The number of amides is 1. The van der Waals surface area contributed by atoms with Crippen LogP contribution >= 0.6 is 0 Å². The second-order valence-electron chi connectivity index (χ2n) is 7.81. The Morgan fingerprint density at radius 1 is 0.971 bits per heavy atom. The van der Waals surface area contributed by atoms with Crippen LogP contribution in [0.1, 0.15) is 12.5 Å². The molecule has 1 aromatic heterocycles. The molecule has 0 unspecified atom stereocenters. The lowest BCUT2D eigenvalue weighted by Gasteiger charge is -2.10. The Bertz CT molecular complexity index is 1400. The van der Waals surface area contributed by atoms with E-state index in [9.17, 15) is 4.79 Å². The summed E-state index contributed by atoms with van der Waals surface area (Å²) < 4.78 is 27.3. The van der Waals surface area contributed by atoms with Gasteiger partial charge in [0.2, 0.25) is 12.7 Å². The minimum atomic E-state index is -0.263. The molecule has 1 amide bonds. The third kappa shape index (κ3) is 4.03. The summed E-state index contributed by atoms with van der Waals surface area (Å²) in [5.41, 5.74) is 4.81. The lowest BCUT2D eigenvalue weighted by atomic mass is 9.99. The summed E-state index contributed by atoms with van der Waals surface area (Å²) >= 11 is 0. The van der Waals surface area contributed by atoms with Crippen molar-refractivity contribution in [2.45, 2.75) is 6.92 Å². The van der Waals surface area contributed by atoms with Gasteiger partial charge in [0, 0.05) is 40.4 Å². The van der Waals surface area contributed by atoms with E-state index in [4.69, 9.17) is 23.4 Å². The molecule has 1 N–H and O–H groups in total. The Labute approximate surface area is 196 Å². The largest absolute Gasteiger partial charge is 0.497 e. The number of hydrogen-bond acceptors (Lipinski definition) is 6. The number of allylic oxidation sites excluding steroid dienone is 1. The van der Waals surface area contributed by atoms with Gasteiger partial charge in [-0.3, -0.25) is 4.79 Å². The van der Waals surface area contributed by atoms with E-state index < -0.39 is 0 Å². The number of fused-ring (bicyclic) bond motifs is 2. The first-order valence-electron chi connectivity index (χ1n) is 10.7. The van der Waals surface area contributed by atoms with Gasteiger partial charge in [-0.25, -0.2) is 0 Å². The van der Waals surface area contributed by atoms with Crippen LogP contribution in [0.4, 0.5) is 5.69 Å². The van der Waals surface area contributed by atoms with E-state index in [2.05, 4.69) is 5.32 Å². The molecule has 0 saturated carbocycles. The molecule has 0 atom stereocenters. The fourth-order valence-corrected chi connectivity index (χ4v) is 3.95. The summed E-state index contributed by atoms with van der Waals surface area (Å²) in [7, 11) is 3.23. The van der Waals surface area contributed by atoms with Crippen LogP contribution in [0.5, 0.6) is 23.0 Å². The molecular weight excluding hydrogens is 434 g/mol. The third-order valence-electron chi connectivity index (χ3n) is 5.71. The molecule has 0 radical (unpaired) electrons. The average Bonchev–Trinajstić information content (AvgIpc) is 3.49. The first-order valence-corrected chi connectivity index (χ1v) is 10.7. The number of anilines is 1. The summed E-state index contributed by atoms with van der Waals surface area (Å²) in [6.07, 6.45) is 3.27. The summed E-state index contributed by atoms with van der Waals surface area (Å²) in [6, 6.07) is 16.9. The molecule has 3 aromatic carbocycles. The molecule has 0 saturated heterocycles. The topological polar surface area (TPSA) is 79.2 Å². The predicted octanol–water partition coefficient (Wildman–Crippen LogP) is 5.89. The molecule has 2 heterocycles. The molecule has 172 valence electrons. The zero-order chi connectivity index (χ0) is 23.7. The zero-order valence-corrected chi connectivity index (χ0v) is 19.0. The lowest BCUT2D eigenvalue weighted by molar-refractivity contribution is -0.111. The van der Waals surface area contributed by atoms with Crippen LogP contribution in [0.25, 0.3) is 27.7 Å². The normalized spacial score (nSPS) is 12.6. The van der Waals surface area contributed by atoms with E-state index in [0.717, 1.165) is 33.4 Å². The van der Waals surface area contributed by atoms with Crippen molar-refractivity contribution >= 4 is 28.1 Å². The number of benzene rings is 3. The molecule has 0 aliphatic carbocycles. The van der Waals surface area contributed by atoms with Crippen molar-refractivity contribution in [3.8, 4) is 34.1 Å². The zero-order valence-electron chi connectivity index (χ0n) is 19.0. The van der Waals surface area contributed by atoms with Gasteiger partial charge < -0.3 is 28.7 Å². The number of hydrogen-bond donors (Lipinski definition) is 1. The molecule has 1 aliphatic heterocycles. The summed E-state index contributed by atoms with van der Waals surface area (Å²) in [5, 5.41) is 3.79. The van der Waals surface area contributed by atoms with Crippen molar-refractivity contribution in [2.24, 2.45) is 0 Å². The van der Waals surface area contributed by atoms with Crippen molar-refractivity contribution < 1.29 is 28.2 Å². The number of methoxy groups -OCH3 is 2. The number of nitrogens with one attached hydrogen (secondary N) is 1. The summed E-state index contributed by atoms with van der Waals surface area (Å²) in [6.45, 7) is 2.05. The van der Waals surface area contributed by atoms with Crippen molar-refractivity contribution in [2.75, 3.05) is 26.3 Å². The fourth-order valence-electron chi connectivity index (χ4n) is 3.95. The average molecular weight is 457 g/mol. The monoisotopic (exact) mass is 457 g/mol. The van der Waals surface area contributed by atoms with Gasteiger partial charge in [0.05, 0.1) is 20.5 Å². The SMILES string of the molecule is COc1ccc(-c2coc3cc(OC)c(/C(C)=C/C(=O)Nc4ccc5c(c4)OCO5)cc23)cc1. The van der Waals surface area contributed by atoms with Crippen LogP contribution in [0, 0.1) is 0 Å². The molecule has 7 heteroatoms. The van der Waals surface area contributed by atoms with E-state index in [-0.39, 0.29) is 12.7 Å². The highest BCUT2D eigenvalue weighted by Gasteiger charge is 2.16. The molecule has 34 heavy (non-hydrogen) atoms. The summed E-state index contributed by atoms with van der Waals surface area (Å²) in [4.78, 5) is 12.7. The van der Waals surface area contributed by atoms with E-state index >= 15 is 0 Å². The van der Waals surface area contributed by atoms with Gasteiger partial charge in [-0.2, -0.15) is 0 Å². The first-order chi connectivity index (χ1) is 16.6. The maximum absolute atomic E-state index is 12.7. The van der Waals surface area contributed by atoms with Crippen molar-refractivity contribution in [1.29, 1.82) is 0 Å². The minimum Gasteiger partial charge on any atom is -0.497 e. The van der Waals surface area contributed by atoms with Gasteiger partial charge in [0.1, 0.15) is 17.1 Å². The van der Waals surface area contributed by atoms with E-state index in [0.29, 0.717) is 28.5 Å². The van der Waals surface area contributed by atoms with E-state index in [1.165, 1.54) is 0 Å². The van der Waals surface area contributed by atoms with Gasteiger partial charge in [-0.05, 0) is 48.4 Å². The van der Waals surface area contributed by atoms with Crippen LogP contribution in [0.2, 0.25) is 0 Å². The second kappa shape index (κ2) is 8.86. The Morgan fingerprint density at radius 3 is 2.53 bits per heavy atom. The van der Waals surface area contributed by atoms with Crippen molar-refractivity contribution in [3.05, 3.63) is 72.5 Å². The Morgan fingerprint density at radius 2 is 1.76 bits per heavy atom. The van der Waals surface area contributed by atoms with Crippen LogP contribution < -0.4 is 24.3 Å². The molecular formula is C27H23NO6.